The van der Waals surface area contributed by atoms with Gasteiger partial charge in [0.05, 0.1) is 5.92 Å². The summed E-state index contributed by atoms with van der Waals surface area (Å²) in [6, 6.07) is 8.35. The molecule has 0 heterocycles. The second kappa shape index (κ2) is 12.9. The number of esters is 1. The van der Waals surface area contributed by atoms with Crippen molar-refractivity contribution >= 4 is 5.97 Å². The fraction of sp³-hybridized carbons (Fsp3) is 0.621. The Labute approximate surface area is 190 Å². The molecule has 0 aromatic heterocycles. The van der Waals surface area contributed by atoms with Gasteiger partial charge in [-0.15, -0.1) is 0 Å². The molecule has 0 unspecified atom stereocenters. The van der Waals surface area contributed by atoms with Gasteiger partial charge in [-0.3, -0.25) is 4.79 Å². The average molecular weight is 423 g/mol. The van der Waals surface area contributed by atoms with E-state index in [1.54, 1.807) is 0 Å². The molecule has 2 fully saturated rings. The summed E-state index contributed by atoms with van der Waals surface area (Å²) in [5.74, 6) is 2.79. The van der Waals surface area contributed by atoms with E-state index in [0.717, 1.165) is 38.0 Å². The third-order valence-electron chi connectivity index (χ3n) is 7.17. The van der Waals surface area contributed by atoms with Gasteiger partial charge in [0.25, 0.3) is 0 Å². The van der Waals surface area contributed by atoms with Crippen molar-refractivity contribution in [1.29, 1.82) is 0 Å². The third-order valence-corrected chi connectivity index (χ3v) is 7.17. The van der Waals surface area contributed by atoms with Gasteiger partial charge in [-0.05, 0) is 99.7 Å². The molecule has 2 saturated carbocycles. The standard InChI is InChI=1S/C29H42O2/c1-3-5-7-9-23-11-15-25(16-12-23)26-19-21-28(22-20-26)31-29(30)27-17-13-24(14-18-27)10-8-6-4-2/h7-10,19-25,27H,3-6,11-18H2,1-2H3. The normalized spacial score (nSPS) is 27.0. The van der Waals surface area contributed by atoms with Gasteiger partial charge in [-0.2, -0.15) is 0 Å². The predicted octanol–water partition coefficient (Wildman–Crippen LogP) is 8.38. The van der Waals surface area contributed by atoms with Crippen LogP contribution in [-0.2, 0) is 4.79 Å². The minimum atomic E-state index is -0.0388. The monoisotopic (exact) mass is 422 g/mol. The molecule has 0 spiro atoms. The molecular weight excluding hydrogens is 380 g/mol. The zero-order valence-electron chi connectivity index (χ0n) is 19.7. The molecule has 0 radical (unpaired) electrons. The number of rotatable bonds is 9. The maximum absolute atomic E-state index is 12.6. The van der Waals surface area contributed by atoms with Crippen molar-refractivity contribution in [3.05, 3.63) is 54.1 Å². The number of allylic oxidation sites excluding steroid dienone is 4. The van der Waals surface area contributed by atoms with Crippen LogP contribution in [0.2, 0.25) is 0 Å². The average Bonchev–Trinajstić information content (AvgIpc) is 2.81. The van der Waals surface area contributed by atoms with Crippen LogP contribution in [0.3, 0.4) is 0 Å². The summed E-state index contributed by atoms with van der Waals surface area (Å²) in [6.45, 7) is 4.45. The smallest absolute Gasteiger partial charge is 0.314 e. The first-order valence-corrected chi connectivity index (χ1v) is 12.8. The number of unbranched alkanes of at least 4 members (excludes halogenated alkanes) is 2. The lowest BCUT2D eigenvalue weighted by Gasteiger charge is -2.27. The Morgan fingerprint density at radius 3 is 1.84 bits per heavy atom. The summed E-state index contributed by atoms with van der Waals surface area (Å²) in [5, 5.41) is 0. The number of benzene rings is 1. The van der Waals surface area contributed by atoms with E-state index in [9.17, 15) is 4.79 Å². The van der Waals surface area contributed by atoms with Crippen LogP contribution >= 0.6 is 0 Å². The highest BCUT2D eigenvalue weighted by Crippen LogP contribution is 2.37. The number of carbonyl (C=O) groups excluding carboxylic acids is 1. The Kier molecular flexibility index (Phi) is 9.90. The maximum Gasteiger partial charge on any atom is 0.314 e. The second-order valence-electron chi connectivity index (χ2n) is 9.65. The van der Waals surface area contributed by atoms with E-state index in [4.69, 9.17) is 4.74 Å². The predicted molar refractivity (Wildman–Crippen MR) is 130 cm³/mol. The van der Waals surface area contributed by atoms with E-state index < -0.39 is 0 Å². The lowest BCUT2D eigenvalue weighted by molar-refractivity contribution is -0.140. The molecule has 3 rings (SSSR count). The largest absolute Gasteiger partial charge is 0.426 e. The van der Waals surface area contributed by atoms with Gasteiger partial charge in [0.15, 0.2) is 0 Å². The van der Waals surface area contributed by atoms with Crippen LogP contribution in [-0.4, -0.2) is 5.97 Å². The van der Waals surface area contributed by atoms with Crippen LogP contribution in [0.1, 0.15) is 102 Å². The lowest BCUT2D eigenvalue weighted by atomic mass is 9.78. The molecule has 170 valence electrons. The summed E-state index contributed by atoms with van der Waals surface area (Å²) < 4.78 is 5.74. The maximum atomic E-state index is 12.6. The van der Waals surface area contributed by atoms with Crippen molar-refractivity contribution in [3.63, 3.8) is 0 Å². The Morgan fingerprint density at radius 2 is 1.32 bits per heavy atom. The fourth-order valence-corrected chi connectivity index (χ4v) is 5.11. The summed E-state index contributed by atoms with van der Waals surface area (Å²) in [5.41, 5.74) is 1.40. The van der Waals surface area contributed by atoms with Gasteiger partial charge >= 0.3 is 5.97 Å². The Bertz CT molecular complexity index is 699. The SMILES string of the molecule is CCCC=CC1CCC(C(=O)Oc2ccc(C3CCC(C=CCCC)CC3)cc2)CC1. The Balaban J connectivity index is 1.42. The molecule has 1 aromatic rings. The first-order chi connectivity index (χ1) is 15.2. The summed E-state index contributed by atoms with van der Waals surface area (Å²) >= 11 is 0. The molecule has 0 amide bonds. The molecule has 0 atom stereocenters. The summed E-state index contributed by atoms with van der Waals surface area (Å²) in [7, 11) is 0. The van der Waals surface area contributed by atoms with Crippen LogP contribution in [0.15, 0.2) is 48.6 Å². The minimum absolute atomic E-state index is 0.0388. The van der Waals surface area contributed by atoms with Gasteiger partial charge in [-0.25, -0.2) is 0 Å². The molecule has 1 aromatic carbocycles. The van der Waals surface area contributed by atoms with Crippen LogP contribution < -0.4 is 4.74 Å². The molecule has 2 nitrogen and oxygen atoms in total. The number of carbonyl (C=O) groups is 1. The van der Waals surface area contributed by atoms with Crippen LogP contribution in [0.5, 0.6) is 5.75 Å². The van der Waals surface area contributed by atoms with Crippen LogP contribution in [0.4, 0.5) is 0 Å². The van der Waals surface area contributed by atoms with E-state index in [1.807, 2.05) is 12.1 Å². The second-order valence-corrected chi connectivity index (χ2v) is 9.65. The van der Waals surface area contributed by atoms with Gasteiger partial charge in [0, 0.05) is 0 Å². The van der Waals surface area contributed by atoms with Crippen molar-refractivity contribution in [2.24, 2.45) is 17.8 Å². The van der Waals surface area contributed by atoms with Gasteiger partial charge in [0.1, 0.15) is 5.75 Å². The van der Waals surface area contributed by atoms with E-state index in [2.05, 4.69) is 50.3 Å². The van der Waals surface area contributed by atoms with Crippen molar-refractivity contribution in [3.8, 4) is 5.75 Å². The number of ether oxygens (including phenoxy) is 1. The molecule has 31 heavy (non-hydrogen) atoms. The Hall–Kier alpha value is -1.83. The third kappa shape index (κ3) is 7.66. The Morgan fingerprint density at radius 1 is 0.806 bits per heavy atom. The van der Waals surface area contributed by atoms with Crippen molar-refractivity contribution in [2.45, 2.75) is 96.8 Å². The van der Waals surface area contributed by atoms with E-state index in [0.29, 0.717) is 17.6 Å². The lowest BCUT2D eigenvalue weighted by Crippen LogP contribution is -2.25. The van der Waals surface area contributed by atoms with E-state index in [1.165, 1.54) is 50.5 Å². The van der Waals surface area contributed by atoms with Crippen molar-refractivity contribution in [2.75, 3.05) is 0 Å². The number of hydrogen-bond donors (Lipinski definition) is 0. The van der Waals surface area contributed by atoms with Crippen LogP contribution in [0.25, 0.3) is 0 Å². The van der Waals surface area contributed by atoms with Gasteiger partial charge < -0.3 is 4.74 Å². The zero-order valence-corrected chi connectivity index (χ0v) is 19.7. The topological polar surface area (TPSA) is 26.3 Å². The first-order valence-electron chi connectivity index (χ1n) is 12.8. The van der Waals surface area contributed by atoms with Gasteiger partial charge in [-0.1, -0.05) is 63.1 Å². The fourth-order valence-electron chi connectivity index (χ4n) is 5.11. The molecule has 0 bridgehead atoms. The van der Waals surface area contributed by atoms with E-state index >= 15 is 0 Å². The molecular formula is C29H42O2. The first kappa shape index (κ1) is 23.8. The van der Waals surface area contributed by atoms with Gasteiger partial charge in [0.2, 0.25) is 0 Å². The highest BCUT2D eigenvalue weighted by Gasteiger charge is 2.27. The molecule has 0 N–H and O–H groups in total. The van der Waals surface area contributed by atoms with Crippen molar-refractivity contribution < 1.29 is 9.53 Å². The zero-order chi connectivity index (χ0) is 21.9. The molecule has 2 heteroatoms. The summed E-state index contributed by atoms with van der Waals surface area (Å²) in [4.78, 5) is 12.6. The van der Waals surface area contributed by atoms with Crippen LogP contribution in [0, 0.1) is 17.8 Å². The summed E-state index contributed by atoms with van der Waals surface area (Å²) in [6.07, 6.45) is 23.5. The molecule has 0 aliphatic heterocycles. The molecule has 2 aliphatic rings. The van der Waals surface area contributed by atoms with E-state index in [-0.39, 0.29) is 11.9 Å². The quantitative estimate of drug-likeness (QED) is 0.227. The minimum Gasteiger partial charge on any atom is -0.426 e. The number of hydrogen-bond acceptors (Lipinski definition) is 2. The van der Waals surface area contributed by atoms with Crippen molar-refractivity contribution in [1.82, 2.24) is 0 Å². The highest BCUT2D eigenvalue weighted by molar-refractivity contribution is 5.75. The molecule has 2 aliphatic carbocycles. The highest BCUT2D eigenvalue weighted by atomic mass is 16.5. The molecule has 0 saturated heterocycles.